The average Bonchev–Trinajstić information content (AvgIpc) is 4.24. The van der Waals surface area contributed by atoms with Crippen molar-refractivity contribution in [3.8, 4) is 5.69 Å². The normalized spacial score (nSPS) is 16.5. The number of likely N-dealkylation sites (tertiary alicyclic amines) is 1. The summed E-state index contributed by atoms with van der Waals surface area (Å²) >= 11 is 10.9. The zero-order valence-electron chi connectivity index (χ0n) is 42.3. The number of amides is 3. The van der Waals surface area contributed by atoms with Crippen LogP contribution in [-0.2, 0) is 20.1 Å². The fourth-order valence-corrected chi connectivity index (χ4v) is 10.9. The number of benzene rings is 2. The van der Waals surface area contributed by atoms with Gasteiger partial charge in [-0.25, -0.2) is 15.0 Å². The van der Waals surface area contributed by atoms with E-state index in [1.165, 1.54) is 22.5 Å². The molecule has 18 nitrogen and oxygen atoms in total. The number of hydrogen-bond donors (Lipinski definition) is 4. The number of aromatic nitrogens is 7. The first kappa shape index (κ1) is 55.6. The number of halogens is 1. The van der Waals surface area contributed by atoms with Crippen LogP contribution in [0.25, 0.3) is 16.7 Å². The van der Waals surface area contributed by atoms with Crippen LogP contribution < -0.4 is 21.3 Å². The molecule has 0 saturated carbocycles. The zero-order valence-corrected chi connectivity index (χ0v) is 45.5. The lowest BCUT2D eigenvalue weighted by Crippen LogP contribution is -2.60. The van der Waals surface area contributed by atoms with E-state index in [0.29, 0.717) is 49.1 Å². The highest BCUT2D eigenvalue weighted by Gasteiger charge is 2.39. The number of ether oxygens (including phenoxy) is 1. The Hall–Kier alpha value is -5.13. The predicted molar refractivity (Wildman–Crippen MR) is 294 cm³/mol. The number of aryl methyl sites for hydroxylation is 1. The molecule has 6 aromatic rings. The van der Waals surface area contributed by atoms with Gasteiger partial charge in [0.25, 0.3) is 5.91 Å². The standard InChI is InChI=1S/C26H33ClN8O2.C23H30N6O2S2.C2H6S/c27-20-3-1-19(2-4-20)22(6-10-33-13-15-34(18-36)16-14-33)32-25(37)26(28)7-11-35(12-8-26)24-21-5-9-29-23(21)30-17-31-24;1-3-24-9-13-31-20-6-10-28(11-7-20)22(30)21-26-27-23(33-21)32-15-18-4-5-19(14-17(18)2)29-12-8-25-16-29;1-3-2/h1-5,9,17-18,22H,6-8,10-16,28H2,(H,32,37)(H,29,30,31);4-5,8,12,14,16,20,24H,3,6-7,9-11,13,15H2,1-2H3;1-2H3. The fourth-order valence-electron chi connectivity index (χ4n) is 8.92. The molecular weight excluding hydrogens is 1000 g/mol. The molecule has 3 amide bonds. The Morgan fingerprint density at radius 1 is 1.01 bits per heavy atom. The van der Waals surface area contributed by atoms with Crippen molar-refractivity contribution < 1.29 is 19.1 Å². The van der Waals surface area contributed by atoms with E-state index in [2.05, 4.69) is 82.6 Å². The molecule has 3 aliphatic heterocycles. The first-order valence-electron chi connectivity index (χ1n) is 24.9. The minimum Gasteiger partial charge on any atom is -0.377 e. The maximum Gasteiger partial charge on any atom is 0.284 e. The molecule has 5 N–H and O–H groups in total. The molecule has 7 heterocycles. The van der Waals surface area contributed by atoms with Gasteiger partial charge in [0.05, 0.1) is 36.0 Å². The first-order valence-corrected chi connectivity index (χ1v) is 28.7. The lowest BCUT2D eigenvalue weighted by Gasteiger charge is -2.39. The monoisotopic (exact) mass is 1070 g/mol. The van der Waals surface area contributed by atoms with Crippen molar-refractivity contribution in [1.29, 1.82) is 0 Å². The minimum atomic E-state index is -0.957. The topological polar surface area (TPSA) is 209 Å². The van der Waals surface area contributed by atoms with E-state index in [1.807, 2.05) is 64.7 Å². The molecular formula is C51H69ClN14O4S3. The number of imidazole rings is 1. The summed E-state index contributed by atoms with van der Waals surface area (Å²) in [5.41, 5.74) is 11.1. The Kier molecular flexibility index (Phi) is 21.3. The third-order valence-corrected chi connectivity index (χ3v) is 15.6. The molecule has 3 aliphatic rings. The summed E-state index contributed by atoms with van der Waals surface area (Å²) in [4.78, 5) is 61.6. The largest absolute Gasteiger partial charge is 0.377 e. The van der Waals surface area contributed by atoms with Crippen molar-refractivity contribution in [2.75, 3.05) is 96.0 Å². The molecule has 3 saturated heterocycles. The van der Waals surface area contributed by atoms with Crippen molar-refractivity contribution in [3.63, 3.8) is 0 Å². The van der Waals surface area contributed by atoms with Gasteiger partial charge in [0, 0.05) is 101 Å². The van der Waals surface area contributed by atoms with Gasteiger partial charge in [0.1, 0.15) is 17.8 Å². The number of carbonyl (C=O) groups is 3. The van der Waals surface area contributed by atoms with Crippen LogP contribution in [0.3, 0.4) is 0 Å². The summed E-state index contributed by atoms with van der Waals surface area (Å²) < 4.78 is 8.71. The Labute approximate surface area is 446 Å². The quantitative estimate of drug-likeness (QED) is 0.0414. The summed E-state index contributed by atoms with van der Waals surface area (Å²) in [5.74, 6) is 1.50. The number of anilines is 1. The van der Waals surface area contributed by atoms with Crippen molar-refractivity contribution in [2.45, 2.75) is 73.7 Å². The van der Waals surface area contributed by atoms with Gasteiger partial charge in [-0.2, -0.15) is 11.8 Å². The molecule has 0 spiro atoms. The van der Waals surface area contributed by atoms with Gasteiger partial charge in [0.2, 0.25) is 17.3 Å². The van der Waals surface area contributed by atoms with Crippen LogP contribution in [0.5, 0.6) is 0 Å². The van der Waals surface area contributed by atoms with Gasteiger partial charge in [-0.15, -0.1) is 10.2 Å². The van der Waals surface area contributed by atoms with Crippen molar-refractivity contribution in [2.24, 2.45) is 5.73 Å². The Bertz CT molecular complexity index is 2630. The van der Waals surface area contributed by atoms with Crippen molar-refractivity contribution in [3.05, 3.63) is 106 Å². The molecule has 1 atom stereocenters. The number of aromatic amines is 1. The van der Waals surface area contributed by atoms with E-state index in [0.717, 1.165) is 116 Å². The Morgan fingerprint density at radius 2 is 1.77 bits per heavy atom. The second-order valence-corrected chi connectivity index (χ2v) is 21.7. The molecule has 0 bridgehead atoms. The summed E-state index contributed by atoms with van der Waals surface area (Å²) in [6.45, 7) is 13.3. The summed E-state index contributed by atoms with van der Waals surface area (Å²) in [6, 6.07) is 15.8. The summed E-state index contributed by atoms with van der Waals surface area (Å²) in [6.07, 6.45) is 17.7. The molecule has 73 heavy (non-hydrogen) atoms. The van der Waals surface area contributed by atoms with Gasteiger partial charge >= 0.3 is 0 Å². The van der Waals surface area contributed by atoms with Crippen LogP contribution in [0.4, 0.5) is 5.82 Å². The average molecular weight is 1070 g/mol. The van der Waals surface area contributed by atoms with E-state index in [9.17, 15) is 14.4 Å². The highest BCUT2D eigenvalue weighted by molar-refractivity contribution is 8.00. The van der Waals surface area contributed by atoms with Crippen LogP contribution in [0, 0.1) is 6.92 Å². The molecule has 0 radical (unpaired) electrons. The van der Waals surface area contributed by atoms with E-state index < -0.39 is 5.54 Å². The van der Waals surface area contributed by atoms with Gasteiger partial charge in [-0.3, -0.25) is 19.3 Å². The van der Waals surface area contributed by atoms with Gasteiger partial charge < -0.3 is 45.4 Å². The maximum absolute atomic E-state index is 13.5. The second kappa shape index (κ2) is 28.0. The SMILES string of the molecule is CCNCCOC1CCN(C(=O)c2nnc(SCc3ccc(-n4ccnc4)cc3C)s2)CC1.CSC.NC1(C(=O)NC(CCN2CCN(C=O)CC2)c2ccc(Cl)cc2)CCN(c2ncnc3[nH]ccc23)CC1. The summed E-state index contributed by atoms with van der Waals surface area (Å²) in [5, 5.41) is 17.0. The van der Waals surface area contributed by atoms with E-state index >= 15 is 0 Å². The van der Waals surface area contributed by atoms with Crippen LogP contribution in [0.2, 0.25) is 5.02 Å². The zero-order chi connectivity index (χ0) is 51.6. The number of carbonyl (C=O) groups excluding carboxylic acids is 3. The third-order valence-electron chi connectivity index (χ3n) is 13.3. The van der Waals surface area contributed by atoms with Crippen molar-refractivity contribution >= 4 is 81.5 Å². The smallest absolute Gasteiger partial charge is 0.284 e. The van der Waals surface area contributed by atoms with Crippen LogP contribution in [0.15, 0.2) is 84.1 Å². The van der Waals surface area contributed by atoms with Crippen LogP contribution >= 0.6 is 46.5 Å². The van der Waals surface area contributed by atoms with E-state index in [4.69, 9.17) is 22.1 Å². The van der Waals surface area contributed by atoms with E-state index in [-0.39, 0.29) is 24.0 Å². The van der Waals surface area contributed by atoms with Crippen LogP contribution in [0.1, 0.15) is 71.6 Å². The number of H-pyrrole nitrogens is 1. The molecule has 3 fully saturated rings. The predicted octanol–water partition coefficient (Wildman–Crippen LogP) is 6.47. The number of thioether (sulfide) groups is 2. The Balaban J connectivity index is 0.000000204. The second-order valence-electron chi connectivity index (χ2n) is 18.3. The molecule has 392 valence electrons. The molecule has 9 rings (SSSR count). The maximum atomic E-state index is 13.5. The molecule has 2 aromatic carbocycles. The van der Waals surface area contributed by atoms with Gasteiger partial charge in [-0.1, -0.05) is 59.8 Å². The molecule has 1 unspecified atom stereocenters. The number of likely N-dealkylation sites (N-methyl/N-ethyl adjacent to an activating group) is 1. The number of rotatable bonds is 18. The fraction of sp³-hybridized carbons (Fsp3) is 0.490. The van der Waals surface area contributed by atoms with Crippen molar-refractivity contribution in [1.82, 2.24) is 60.0 Å². The highest BCUT2D eigenvalue weighted by Crippen LogP contribution is 2.31. The highest BCUT2D eigenvalue weighted by atomic mass is 35.5. The number of nitrogens with two attached hydrogens (primary N) is 1. The number of fused-ring (bicyclic) bond motifs is 1. The van der Waals surface area contributed by atoms with Crippen LogP contribution in [-0.4, -0.2) is 170 Å². The molecule has 4 aromatic heterocycles. The third kappa shape index (κ3) is 15.7. The first-order chi connectivity index (χ1) is 35.5. The summed E-state index contributed by atoms with van der Waals surface area (Å²) in [7, 11) is 0. The number of hydrogen-bond acceptors (Lipinski definition) is 16. The van der Waals surface area contributed by atoms with Gasteiger partial charge in [0.15, 0.2) is 4.34 Å². The van der Waals surface area contributed by atoms with Gasteiger partial charge in [-0.05, 0) is 105 Å². The Morgan fingerprint density at radius 3 is 2.45 bits per heavy atom. The van der Waals surface area contributed by atoms with E-state index in [1.54, 1.807) is 47.3 Å². The number of piperazine rings is 1. The lowest BCUT2D eigenvalue weighted by atomic mass is 9.87. The lowest BCUT2D eigenvalue weighted by molar-refractivity contribution is -0.128. The minimum absolute atomic E-state index is 0.0219. The molecule has 0 aliphatic carbocycles. The number of nitrogens with zero attached hydrogens (tertiary/aromatic N) is 10. The number of nitrogens with one attached hydrogen (secondary N) is 3. The molecule has 22 heteroatoms. The number of piperidine rings is 2.